The molecule has 5 nitrogen and oxygen atoms in total. The third kappa shape index (κ3) is 2.02. The second-order valence-corrected chi connectivity index (χ2v) is 3.42. The number of aromatic amines is 1. The molecular weight excluding hydrogens is 271 g/mol. The van der Waals surface area contributed by atoms with Gasteiger partial charge in [0, 0.05) is 0 Å². The quantitative estimate of drug-likeness (QED) is 0.855. The largest absolute Gasteiger partial charge is 0.450 e. The monoisotopic (exact) mass is 274 g/mol. The summed E-state index contributed by atoms with van der Waals surface area (Å²) in [6.07, 6.45) is 4.57. The van der Waals surface area contributed by atoms with E-state index in [1.165, 1.54) is 12.4 Å². The van der Waals surface area contributed by atoms with Gasteiger partial charge in [0.15, 0.2) is 16.1 Å². The van der Waals surface area contributed by atoms with Gasteiger partial charge in [-0.2, -0.15) is 5.10 Å². The van der Waals surface area contributed by atoms with Gasteiger partial charge < -0.3 is 4.74 Å². The number of nitrogens with one attached hydrogen (secondary N) is 1. The number of hydrogen-bond donors (Lipinski definition) is 1. The topological polar surface area (TPSA) is 63.7 Å². The van der Waals surface area contributed by atoms with Gasteiger partial charge in [-0.3, -0.25) is 5.10 Å². The van der Waals surface area contributed by atoms with Crippen LogP contribution in [0.2, 0.25) is 5.28 Å². The summed E-state index contributed by atoms with van der Waals surface area (Å²) in [4.78, 5) is 7.55. The van der Waals surface area contributed by atoms with Crippen molar-refractivity contribution in [3.8, 4) is 11.5 Å². The first-order valence-electron chi connectivity index (χ1n) is 3.60. The van der Waals surface area contributed by atoms with Crippen molar-refractivity contribution in [2.75, 3.05) is 0 Å². The molecule has 0 aliphatic carbocycles. The van der Waals surface area contributed by atoms with Crippen molar-refractivity contribution >= 4 is 27.5 Å². The van der Waals surface area contributed by atoms with Gasteiger partial charge in [0.2, 0.25) is 5.28 Å². The third-order valence-electron chi connectivity index (χ3n) is 1.39. The molecule has 1 N–H and O–H groups in total. The van der Waals surface area contributed by atoms with E-state index in [0.717, 1.165) is 0 Å². The predicted molar refractivity (Wildman–Crippen MR) is 53.4 cm³/mol. The Kier molecular flexibility index (Phi) is 2.64. The average Bonchev–Trinajstić information content (AvgIpc) is 2.56. The summed E-state index contributed by atoms with van der Waals surface area (Å²) in [6, 6.07) is 0. The Morgan fingerprint density at radius 1 is 1.36 bits per heavy atom. The third-order valence-corrected chi connectivity index (χ3v) is 2.15. The first-order chi connectivity index (χ1) is 6.75. The smallest absolute Gasteiger partial charge is 0.222 e. The van der Waals surface area contributed by atoms with Crippen LogP contribution < -0.4 is 4.74 Å². The summed E-state index contributed by atoms with van der Waals surface area (Å²) in [5, 5.41) is 6.65. The number of halogens is 2. The molecule has 2 aromatic heterocycles. The predicted octanol–water partition coefficient (Wildman–Crippen LogP) is 2.41. The van der Waals surface area contributed by atoms with Crippen molar-refractivity contribution in [2.45, 2.75) is 0 Å². The molecule has 0 saturated heterocycles. The lowest BCUT2D eigenvalue weighted by Crippen LogP contribution is -1.86. The summed E-state index contributed by atoms with van der Waals surface area (Å²) in [6.45, 7) is 0. The maximum absolute atomic E-state index is 5.52. The van der Waals surface area contributed by atoms with Crippen LogP contribution in [0.4, 0.5) is 0 Å². The lowest BCUT2D eigenvalue weighted by atomic mass is 10.6. The number of hydrogen-bond acceptors (Lipinski definition) is 4. The second-order valence-electron chi connectivity index (χ2n) is 2.33. The molecule has 14 heavy (non-hydrogen) atoms. The lowest BCUT2D eigenvalue weighted by Gasteiger charge is -2.00. The molecule has 0 amide bonds. The highest BCUT2D eigenvalue weighted by Gasteiger charge is 2.05. The highest BCUT2D eigenvalue weighted by atomic mass is 79.9. The van der Waals surface area contributed by atoms with Gasteiger partial charge in [0.1, 0.15) is 0 Å². The van der Waals surface area contributed by atoms with Crippen LogP contribution in [0.3, 0.4) is 0 Å². The highest BCUT2D eigenvalue weighted by Crippen LogP contribution is 2.26. The van der Waals surface area contributed by atoms with E-state index in [4.69, 9.17) is 16.3 Å². The zero-order valence-corrected chi connectivity index (χ0v) is 9.08. The van der Waals surface area contributed by atoms with Crippen LogP contribution in [-0.2, 0) is 0 Å². The molecule has 0 unspecified atom stereocenters. The van der Waals surface area contributed by atoms with Crippen LogP contribution in [0.25, 0.3) is 0 Å². The number of ether oxygens (including phenoxy) is 1. The fourth-order valence-electron chi connectivity index (χ4n) is 0.814. The lowest BCUT2D eigenvalue weighted by molar-refractivity contribution is 0.475. The maximum atomic E-state index is 5.52. The normalized spacial score (nSPS) is 10.1. The van der Waals surface area contributed by atoms with Gasteiger partial charge >= 0.3 is 0 Å². The molecule has 72 valence electrons. The zero-order valence-electron chi connectivity index (χ0n) is 6.74. The Hall–Kier alpha value is -1.14. The van der Waals surface area contributed by atoms with Gasteiger partial charge in [-0.1, -0.05) is 0 Å². The van der Waals surface area contributed by atoms with Crippen molar-refractivity contribution in [3.05, 3.63) is 28.5 Å². The van der Waals surface area contributed by atoms with E-state index in [9.17, 15) is 0 Å². The Morgan fingerprint density at radius 3 is 2.64 bits per heavy atom. The van der Waals surface area contributed by atoms with E-state index >= 15 is 0 Å². The minimum Gasteiger partial charge on any atom is -0.450 e. The number of aromatic nitrogens is 4. The molecule has 2 rings (SSSR count). The molecule has 0 radical (unpaired) electrons. The first-order valence-corrected chi connectivity index (χ1v) is 4.77. The Labute approximate surface area is 92.6 Å². The molecule has 2 aromatic rings. The molecule has 0 spiro atoms. The van der Waals surface area contributed by atoms with Crippen LogP contribution in [0, 0.1) is 0 Å². The summed E-state index contributed by atoms with van der Waals surface area (Å²) < 4.78 is 5.97. The fraction of sp³-hybridized carbons (Fsp3) is 0. The Bertz CT molecular complexity index is 430. The van der Waals surface area contributed by atoms with E-state index in [2.05, 4.69) is 36.1 Å². The molecular formula is C7H4BrClN4O. The molecule has 0 saturated carbocycles. The molecule has 2 heterocycles. The van der Waals surface area contributed by atoms with Gasteiger partial charge in [0.05, 0.1) is 18.6 Å². The second kappa shape index (κ2) is 3.93. The standard InChI is InChI=1S/C7H4BrClN4O/c8-6-5(3-12-13-6)14-4-1-10-7(9)11-2-4/h1-3H,(H,12,13). The van der Waals surface area contributed by atoms with Crippen LogP contribution in [0.1, 0.15) is 0 Å². The van der Waals surface area contributed by atoms with Crippen molar-refractivity contribution in [1.82, 2.24) is 20.2 Å². The molecule has 0 fully saturated rings. The minimum atomic E-state index is 0.184. The summed E-state index contributed by atoms with van der Waals surface area (Å²) in [5.41, 5.74) is 0. The molecule has 0 atom stereocenters. The van der Waals surface area contributed by atoms with E-state index < -0.39 is 0 Å². The maximum Gasteiger partial charge on any atom is 0.222 e. The Balaban J connectivity index is 2.19. The summed E-state index contributed by atoms with van der Waals surface area (Å²) in [5.74, 6) is 1.06. The number of rotatable bonds is 2. The first kappa shape index (κ1) is 9.42. The van der Waals surface area contributed by atoms with Gasteiger partial charge in [0.25, 0.3) is 0 Å². The molecule has 0 aromatic carbocycles. The van der Waals surface area contributed by atoms with Crippen molar-refractivity contribution < 1.29 is 4.74 Å². The van der Waals surface area contributed by atoms with E-state index in [0.29, 0.717) is 16.1 Å². The summed E-state index contributed by atoms with van der Waals surface area (Å²) >= 11 is 8.72. The highest BCUT2D eigenvalue weighted by molar-refractivity contribution is 9.10. The van der Waals surface area contributed by atoms with Crippen LogP contribution in [-0.4, -0.2) is 20.2 Å². The SMILES string of the molecule is Clc1ncc(Oc2c[nH]nc2Br)cn1. The van der Waals surface area contributed by atoms with Crippen molar-refractivity contribution in [2.24, 2.45) is 0 Å². The van der Waals surface area contributed by atoms with E-state index in [-0.39, 0.29) is 5.28 Å². The van der Waals surface area contributed by atoms with Crippen LogP contribution >= 0.6 is 27.5 Å². The molecule has 0 bridgehead atoms. The Morgan fingerprint density at radius 2 is 2.07 bits per heavy atom. The van der Waals surface area contributed by atoms with Gasteiger partial charge in [-0.05, 0) is 27.5 Å². The summed E-state index contributed by atoms with van der Waals surface area (Å²) in [7, 11) is 0. The van der Waals surface area contributed by atoms with Crippen molar-refractivity contribution in [1.29, 1.82) is 0 Å². The fourth-order valence-corrected chi connectivity index (χ4v) is 1.21. The molecule has 0 aliphatic rings. The molecule has 7 heteroatoms. The number of H-pyrrole nitrogens is 1. The minimum absolute atomic E-state index is 0.184. The van der Waals surface area contributed by atoms with Crippen molar-refractivity contribution in [3.63, 3.8) is 0 Å². The average molecular weight is 275 g/mol. The van der Waals surface area contributed by atoms with E-state index in [1.807, 2.05) is 0 Å². The van der Waals surface area contributed by atoms with E-state index in [1.54, 1.807) is 6.20 Å². The number of nitrogens with zero attached hydrogens (tertiary/aromatic N) is 3. The van der Waals surface area contributed by atoms with Gasteiger partial charge in [-0.25, -0.2) is 9.97 Å². The van der Waals surface area contributed by atoms with Gasteiger partial charge in [-0.15, -0.1) is 0 Å². The van der Waals surface area contributed by atoms with Crippen LogP contribution in [0.5, 0.6) is 11.5 Å². The zero-order chi connectivity index (χ0) is 9.97. The van der Waals surface area contributed by atoms with Crippen LogP contribution in [0.15, 0.2) is 23.2 Å². The molecule has 0 aliphatic heterocycles.